The third kappa shape index (κ3) is 6.74. The van der Waals surface area contributed by atoms with Crippen molar-refractivity contribution in [3.8, 4) is 11.5 Å². The number of amides is 1. The number of ether oxygens (including phenoxy) is 2. The molecule has 7 nitrogen and oxygen atoms in total. The number of carbonyl (C=O) groups is 1. The minimum atomic E-state index is -3.35. The van der Waals surface area contributed by atoms with E-state index in [1.807, 2.05) is 30.3 Å². The van der Waals surface area contributed by atoms with Crippen LogP contribution in [0.2, 0.25) is 0 Å². The first-order valence-electron chi connectivity index (χ1n) is 10.0. The van der Waals surface area contributed by atoms with Crippen molar-refractivity contribution in [1.29, 1.82) is 0 Å². The van der Waals surface area contributed by atoms with Crippen LogP contribution in [0.15, 0.2) is 42.5 Å². The summed E-state index contributed by atoms with van der Waals surface area (Å²) in [5.74, 6) is 1.36. The number of nitrogens with one attached hydrogen (secondary N) is 2. The van der Waals surface area contributed by atoms with Crippen molar-refractivity contribution < 1.29 is 22.7 Å². The lowest BCUT2D eigenvalue weighted by atomic mass is 10.1. The van der Waals surface area contributed by atoms with Crippen LogP contribution in [0.3, 0.4) is 0 Å². The van der Waals surface area contributed by atoms with Gasteiger partial charge in [-0.1, -0.05) is 30.3 Å². The standard InChI is InChI=1S/C22H28N2O5S/c1-16(2)24-30(26,27)15-19-5-3-18(4-6-19)14-23-22(25)10-8-17-7-9-20-21(13-17)29-12-11-28-20/h3-7,9,13,16,24H,8,10-12,14-15H2,1-2H3,(H,23,25). The minimum absolute atomic E-state index is 0.0438. The van der Waals surface area contributed by atoms with Gasteiger partial charge in [-0.15, -0.1) is 0 Å². The Hall–Kier alpha value is -2.58. The van der Waals surface area contributed by atoms with Gasteiger partial charge in [0.05, 0.1) is 5.75 Å². The molecular weight excluding hydrogens is 404 g/mol. The van der Waals surface area contributed by atoms with Crippen molar-refractivity contribution in [1.82, 2.24) is 10.0 Å². The van der Waals surface area contributed by atoms with Gasteiger partial charge in [0.25, 0.3) is 0 Å². The molecule has 3 rings (SSSR count). The number of benzene rings is 2. The molecule has 0 aliphatic carbocycles. The number of hydrogen-bond donors (Lipinski definition) is 2. The van der Waals surface area contributed by atoms with E-state index in [1.165, 1.54) is 0 Å². The highest BCUT2D eigenvalue weighted by molar-refractivity contribution is 7.88. The lowest BCUT2D eigenvalue weighted by molar-refractivity contribution is -0.121. The third-order valence-corrected chi connectivity index (χ3v) is 6.08. The number of rotatable bonds is 9. The van der Waals surface area contributed by atoms with Gasteiger partial charge in [0.2, 0.25) is 15.9 Å². The molecule has 0 fully saturated rings. The summed E-state index contributed by atoms with van der Waals surface area (Å²) in [6.07, 6.45) is 0.985. The minimum Gasteiger partial charge on any atom is -0.486 e. The van der Waals surface area contributed by atoms with Gasteiger partial charge in [-0.3, -0.25) is 4.79 Å². The van der Waals surface area contributed by atoms with E-state index in [-0.39, 0.29) is 17.7 Å². The van der Waals surface area contributed by atoms with Crippen molar-refractivity contribution >= 4 is 15.9 Å². The molecule has 1 aliphatic heterocycles. The molecule has 162 valence electrons. The molecule has 0 radical (unpaired) electrons. The summed E-state index contributed by atoms with van der Waals surface area (Å²) in [7, 11) is -3.35. The van der Waals surface area contributed by atoms with Crippen molar-refractivity contribution in [3.05, 3.63) is 59.2 Å². The van der Waals surface area contributed by atoms with E-state index in [9.17, 15) is 13.2 Å². The van der Waals surface area contributed by atoms with Crippen molar-refractivity contribution in [2.24, 2.45) is 0 Å². The summed E-state index contributed by atoms with van der Waals surface area (Å²) in [5, 5.41) is 2.90. The molecular formula is C22H28N2O5S. The highest BCUT2D eigenvalue weighted by Gasteiger charge is 2.14. The molecule has 1 heterocycles. The van der Waals surface area contributed by atoms with Gasteiger partial charge in [0, 0.05) is 19.0 Å². The number of sulfonamides is 1. The summed E-state index contributed by atoms with van der Waals surface area (Å²) < 4.78 is 37.6. The lowest BCUT2D eigenvalue weighted by Crippen LogP contribution is -2.31. The van der Waals surface area contributed by atoms with E-state index in [4.69, 9.17) is 9.47 Å². The second kappa shape index (κ2) is 9.95. The Balaban J connectivity index is 1.44. The van der Waals surface area contributed by atoms with Crippen LogP contribution in [-0.4, -0.2) is 33.6 Å². The zero-order chi connectivity index (χ0) is 21.6. The number of aryl methyl sites for hydroxylation is 1. The Morgan fingerprint density at radius 1 is 0.967 bits per heavy atom. The van der Waals surface area contributed by atoms with Gasteiger partial charge in [-0.2, -0.15) is 0 Å². The number of hydrogen-bond acceptors (Lipinski definition) is 5. The largest absolute Gasteiger partial charge is 0.486 e. The average Bonchev–Trinajstić information content (AvgIpc) is 2.70. The molecule has 30 heavy (non-hydrogen) atoms. The second-order valence-corrected chi connectivity index (χ2v) is 9.36. The van der Waals surface area contributed by atoms with E-state index in [0.29, 0.717) is 38.2 Å². The molecule has 1 amide bonds. The fourth-order valence-corrected chi connectivity index (χ4v) is 4.60. The zero-order valence-corrected chi connectivity index (χ0v) is 18.1. The Morgan fingerprint density at radius 2 is 1.60 bits per heavy atom. The van der Waals surface area contributed by atoms with E-state index in [0.717, 1.165) is 22.6 Å². The van der Waals surface area contributed by atoms with E-state index >= 15 is 0 Å². The van der Waals surface area contributed by atoms with E-state index < -0.39 is 10.0 Å². The first-order valence-corrected chi connectivity index (χ1v) is 11.7. The molecule has 2 aromatic carbocycles. The molecule has 0 atom stereocenters. The van der Waals surface area contributed by atoms with Gasteiger partial charge >= 0.3 is 0 Å². The summed E-state index contributed by atoms with van der Waals surface area (Å²) in [6.45, 7) is 5.07. The lowest BCUT2D eigenvalue weighted by Gasteiger charge is -2.18. The molecule has 0 saturated carbocycles. The Morgan fingerprint density at radius 3 is 2.30 bits per heavy atom. The normalized spacial score (nSPS) is 13.3. The Kier molecular flexibility index (Phi) is 7.33. The first kappa shape index (κ1) is 22.1. The molecule has 0 saturated heterocycles. The fourth-order valence-electron chi connectivity index (χ4n) is 3.16. The molecule has 1 aliphatic rings. The van der Waals surface area contributed by atoms with Crippen molar-refractivity contribution in [2.45, 2.75) is 45.0 Å². The highest BCUT2D eigenvalue weighted by Crippen LogP contribution is 2.31. The maximum Gasteiger partial charge on any atom is 0.220 e. The SMILES string of the molecule is CC(C)NS(=O)(=O)Cc1ccc(CNC(=O)CCc2ccc3c(c2)OCCO3)cc1. The molecule has 2 aromatic rings. The van der Waals surface area contributed by atoms with Crippen LogP contribution in [0.4, 0.5) is 0 Å². The Bertz CT molecular complexity index is 972. The maximum atomic E-state index is 12.2. The molecule has 0 unspecified atom stereocenters. The summed E-state index contributed by atoms with van der Waals surface area (Å²) in [5.41, 5.74) is 2.65. The second-order valence-electron chi connectivity index (χ2n) is 7.60. The van der Waals surface area contributed by atoms with Crippen molar-refractivity contribution in [2.75, 3.05) is 13.2 Å². The quantitative estimate of drug-likeness (QED) is 0.635. The monoisotopic (exact) mass is 432 g/mol. The molecule has 0 bridgehead atoms. The van der Waals surface area contributed by atoms with Gasteiger partial charge in [-0.25, -0.2) is 13.1 Å². The van der Waals surface area contributed by atoms with Crippen LogP contribution in [0.5, 0.6) is 11.5 Å². The maximum absolute atomic E-state index is 12.2. The van der Waals surface area contributed by atoms with Crippen LogP contribution in [0.25, 0.3) is 0 Å². The van der Waals surface area contributed by atoms with E-state index in [2.05, 4.69) is 10.0 Å². The van der Waals surface area contributed by atoms with Gasteiger partial charge < -0.3 is 14.8 Å². The fraction of sp³-hybridized carbons (Fsp3) is 0.409. The summed E-state index contributed by atoms with van der Waals surface area (Å²) >= 11 is 0. The Labute approximate surface area is 177 Å². The smallest absolute Gasteiger partial charge is 0.220 e. The number of carbonyl (C=O) groups excluding carboxylic acids is 1. The predicted molar refractivity (Wildman–Crippen MR) is 115 cm³/mol. The first-order chi connectivity index (χ1) is 14.3. The molecule has 0 aromatic heterocycles. The topological polar surface area (TPSA) is 93.7 Å². The van der Waals surface area contributed by atoms with Crippen LogP contribution < -0.4 is 19.5 Å². The third-order valence-electron chi connectivity index (χ3n) is 4.53. The highest BCUT2D eigenvalue weighted by atomic mass is 32.2. The van der Waals surface area contributed by atoms with Gasteiger partial charge in [-0.05, 0) is 49.1 Å². The van der Waals surface area contributed by atoms with Crippen LogP contribution in [0, 0.1) is 0 Å². The average molecular weight is 433 g/mol. The van der Waals surface area contributed by atoms with Crippen LogP contribution in [-0.2, 0) is 33.5 Å². The molecule has 2 N–H and O–H groups in total. The number of fused-ring (bicyclic) bond motifs is 1. The molecule has 0 spiro atoms. The van der Waals surface area contributed by atoms with Crippen LogP contribution >= 0.6 is 0 Å². The summed E-state index contributed by atoms with van der Waals surface area (Å²) in [4.78, 5) is 12.2. The van der Waals surface area contributed by atoms with E-state index in [1.54, 1.807) is 26.0 Å². The van der Waals surface area contributed by atoms with Gasteiger partial charge in [0.15, 0.2) is 11.5 Å². The van der Waals surface area contributed by atoms with Crippen LogP contribution in [0.1, 0.15) is 37.0 Å². The zero-order valence-electron chi connectivity index (χ0n) is 17.3. The summed E-state index contributed by atoms with van der Waals surface area (Å²) in [6, 6.07) is 12.8. The van der Waals surface area contributed by atoms with Crippen molar-refractivity contribution in [3.63, 3.8) is 0 Å². The van der Waals surface area contributed by atoms with Gasteiger partial charge in [0.1, 0.15) is 13.2 Å². The molecule has 8 heteroatoms. The predicted octanol–water partition coefficient (Wildman–Crippen LogP) is 2.53.